The summed E-state index contributed by atoms with van der Waals surface area (Å²) in [4.78, 5) is 0. The number of rotatable bonds is 4. The second-order valence-corrected chi connectivity index (χ2v) is 5.65. The summed E-state index contributed by atoms with van der Waals surface area (Å²) in [6.45, 7) is 2.83. The van der Waals surface area contributed by atoms with E-state index in [9.17, 15) is 5.11 Å². The van der Waals surface area contributed by atoms with Crippen molar-refractivity contribution in [2.75, 3.05) is 19.6 Å². The van der Waals surface area contributed by atoms with Crippen molar-refractivity contribution in [3.05, 3.63) is 71.8 Å². The number of nitrogens with one attached hydrogen (secondary N) is 2. The molecule has 1 unspecified atom stereocenters. The second-order valence-electron chi connectivity index (χ2n) is 5.65. The van der Waals surface area contributed by atoms with Crippen molar-refractivity contribution in [1.82, 2.24) is 10.6 Å². The molecule has 21 heavy (non-hydrogen) atoms. The van der Waals surface area contributed by atoms with Crippen LogP contribution in [0.25, 0.3) is 0 Å². The zero-order valence-electron chi connectivity index (χ0n) is 12.1. The minimum Gasteiger partial charge on any atom is -0.380 e. The minimum absolute atomic E-state index is 0.268. The molecule has 2 aromatic rings. The molecule has 1 aliphatic rings. The molecule has 2 aromatic carbocycles. The van der Waals surface area contributed by atoms with Gasteiger partial charge in [-0.05, 0) is 11.1 Å². The fourth-order valence-electron chi connectivity index (χ4n) is 3.04. The normalized spacial score (nSPS) is 19.4. The molecule has 3 rings (SSSR count). The Kier molecular flexibility index (Phi) is 4.34. The molecule has 3 heteroatoms. The summed E-state index contributed by atoms with van der Waals surface area (Å²) in [5, 5.41) is 18.3. The standard InChI is InChI=1S/C18H22N2O/c21-18(15-7-3-1-4-8-15,16-9-5-2-6-10-16)13-17-14-19-11-12-20-17/h1-10,17,19-21H,11-14H2. The van der Waals surface area contributed by atoms with Crippen LogP contribution in [0.3, 0.4) is 0 Å². The predicted molar refractivity (Wildman–Crippen MR) is 85.2 cm³/mol. The largest absolute Gasteiger partial charge is 0.380 e. The first-order chi connectivity index (χ1) is 10.3. The molecular weight excluding hydrogens is 260 g/mol. The molecule has 1 fully saturated rings. The molecule has 0 spiro atoms. The van der Waals surface area contributed by atoms with Gasteiger partial charge >= 0.3 is 0 Å². The molecule has 0 bridgehead atoms. The highest BCUT2D eigenvalue weighted by Crippen LogP contribution is 2.34. The third-order valence-corrected chi connectivity index (χ3v) is 4.17. The van der Waals surface area contributed by atoms with Crippen LogP contribution in [-0.2, 0) is 5.60 Å². The molecule has 0 saturated carbocycles. The van der Waals surface area contributed by atoms with E-state index in [1.165, 1.54) is 0 Å². The molecule has 1 heterocycles. The van der Waals surface area contributed by atoms with E-state index in [2.05, 4.69) is 10.6 Å². The Balaban J connectivity index is 1.94. The van der Waals surface area contributed by atoms with Gasteiger partial charge in [0.2, 0.25) is 0 Å². The van der Waals surface area contributed by atoms with Crippen molar-refractivity contribution in [1.29, 1.82) is 0 Å². The van der Waals surface area contributed by atoms with Gasteiger partial charge in [-0.15, -0.1) is 0 Å². The topological polar surface area (TPSA) is 44.3 Å². The first-order valence-corrected chi connectivity index (χ1v) is 7.56. The fourth-order valence-corrected chi connectivity index (χ4v) is 3.04. The number of benzene rings is 2. The molecule has 1 atom stereocenters. The Morgan fingerprint density at radius 1 is 0.905 bits per heavy atom. The number of hydrogen-bond donors (Lipinski definition) is 3. The van der Waals surface area contributed by atoms with E-state index >= 15 is 0 Å². The zero-order chi connectivity index (χ0) is 14.5. The molecule has 110 valence electrons. The van der Waals surface area contributed by atoms with Crippen LogP contribution in [-0.4, -0.2) is 30.8 Å². The third-order valence-electron chi connectivity index (χ3n) is 4.17. The molecule has 0 aliphatic carbocycles. The molecule has 3 N–H and O–H groups in total. The van der Waals surface area contributed by atoms with Gasteiger partial charge in [0.1, 0.15) is 5.60 Å². The Morgan fingerprint density at radius 2 is 1.48 bits per heavy atom. The van der Waals surface area contributed by atoms with Crippen molar-refractivity contribution in [2.24, 2.45) is 0 Å². The van der Waals surface area contributed by atoms with Gasteiger partial charge in [0.15, 0.2) is 0 Å². The lowest BCUT2D eigenvalue weighted by atomic mass is 9.81. The van der Waals surface area contributed by atoms with Gasteiger partial charge in [0.05, 0.1) is 0 Å². The smallest absolute Gasteiger partial charge is 0.116 e. The second kappa shape index (κ2) is 6.39. The average molecular weight is 282 g/mol. The van der Waals surface area contributed by atoms with Crippen LogP contribution in [0.15, 0.2) is 60.7 Å². The monoisotopic (exact) mass is 282 g/mol. The first kappa shape index (κ1) is 14.3. The maximum atomic E-state index is 11.4. The highest BCUT2D eigenvalue weighted by atomic mass is 16.3. The lowest BCUT2D eigenvalue weighted by molar-refractivity contribution is 0.0569. The lowest BCUT2D eigenvalue weighted by Gasteiger charge is -2.35. The zero-order valence-corrected chi connectivity index (χ0v) is 12.1. The molecule has 0 radical (unpaired) electrons. The Labute approximate surface area is 126 Å². The highest BCUT2D eigenvalue weighted by molar-refractivity contribution is 5.36. The van der Waals surface area contributed by atoms with E-state index in [-0.39, 0.29) is 6.04 Å². The quantitative estimate of drug-likeness (QED) is 0.802. The summed E-state index contributed by atoms with van der Waals surface area (Å²) in [6.07, 6.45) is 0.661. The molecule has 1 aliphatic heterocycles. The van der Waals surface area contributed by atoms with Crippen molar-refractivity contribution in [3.8, 4) is 0 Å². The van der Waals surface area contributed by atoms with E-state index in [0.29, 0.717) is 6.42 Å². The van der Waals surface area contributed by atoms with Gasteiger partial charge < -0.3 is 15.7 Å². The van der Waals surface area contributed by atoms with Crippen LogP contribution in [0.2, 0.25) is 0 Å². The van der Waals surface area contributed by atoms with Crippen LogP contribution < -0.4 is 10.6 Å². The Bertz CT molecular complexity index is 510. The van der Waals surface area contributed by atoms with Gasteiger partial charge in [-0.1, -0.05) is 60.7 Å². The molecule has 1 saturated heterocycles. The van der Waals surface area contributed by atoms with Gasteiger partial charge in [-0.25, -0.2) is 0 Å². The van der Waals surface area contributed by atoms with Gasteiger partial charge in [-0.2, -0.15) is 0 Å². The molecule has 3 nitrogen and oxygen atoms in total. The summed E-state index contributed by atoms with van der Waals surface area (Å²) in [7, 11) is 0. The Morgan fingerprint density at radius 3 is 1.95 bits per heavy atom. The predicted octanol–water partition coefficient (Wildman–Crippen LogP) is 1.87. The highest BCUT2D eigenvalue weighted by Gasteiger charge is 2.34. The minimum atomic E-state index is -0.959. The summed E-state index contributed by atoms with van der Waals surface area (Å²) in [5.41, 5.74) is 0.936. The van der Waals surface area contributed by atoms with E-state index in [1.54, 1.807) is 0 Å². The van der Waals surface area contributed by atoms with Crippen molar-refractivity contribution >= 4 is 0 Å². The van der Waals surface area contributed by atoms with Crippen molar-refractivity contribution < 1.29 is 5.11 Å². The van der Waals surface area contributed by atoms with Crippen LogP contribution in [0.1, 0.15) is 17.5 Å². The summed E-state index contributed by atoms with van der Waals surface area (Å²) in [5.74, 6) is 0. The maximum Gasteiger partial charge on any atom is 0.116 e. The fraction of sp³-hybridized carbons (Fsp3) is 0.333. The van der Waals surface area contributed by atoms with Gasteiger partial charge in [0.25, 0.3) is 0 Å². The van der Waals surface area contributed by atoms with E-state index in [0.717, 1.165) is 30.8 Å². The maximum absolute atomic E-state index is 11.4. The lowest BCUT2D eigenvalue weighted by Crippen LogP contribution is -2.51. The van der Waals surface area contributed by atoms with Crippen molar-refractivity contribution in [3.63, 3.8) is 0 Å². The number of hydrogen-bond acceptors (Lipinski definition) is 3. The van der Waals surface area contributed by atoms with Gasteiger partial charge in [0, 0.05) is 32.1 Å². The molecular formula is C18H22N2O. The molecule has 0 amide bonds. The summed E-state index contributed by atoms with van der Waals surface area (Å²) < 4.78 is 0. The molecule has 0 aromatic heterocycles. The number of piperazine rings is 1. The van der Waals surface area contributed by atoms with E-state index in [1.807, 2.05) is 60.7 Å². The summed E-state index contributed by atoms with van der Waals surface area (Å²) >= 11 is 0. The third kappa shape index (κ3) is 3.16. The van der Waals surface area contributed by atoms with Gasteiger partial charge in [-0.3, -0.25) is 0 Å². The van der Waals surface area contributed by atoms with Crippen LogP contribution in [0.4, 0.5) is 0 Å². The van der Waals surface area contributed by atoms with Crippen LogP contribution in [0, 0.1) is 0 Å². The van der Waals surface area contributed by atoms with Crippen LogP contribution >= 0.6 is 0 Å². The SMILES string of the molecule is OC(CC1CNCCN1)(c1ccccc1)c1ccccc1. The Hall–Kier alpha value is -1.68. The average Bonchev–Trinajstić information content (AvgIpc) is 2.57. The van der Waals surface area contributed by atoms with E-state index in [4.69, 9.17) is 0 Å². The number of aliphatic hydroxyl groups is 1. The first-order valence-electron chi connectivity index (χ1n) is 7.56. The van der Waals surface area contributed by atoms with Crippen molar-refractivity contribution in [2.45, 2.75) is 18.1 Å². The van der Waals surface area contributed by atoms with E-state index < -0.39 is 5.60 Å². The van der Waals surface area contributed by atoms with Crippen LogP contribution in [0.5, 0.6) is 0 Å². The summed E-state index contributed by atoms with van der Waals surface area (Å²) in [6, 6.07) is 20.2.